The summed E-state index contributed by atoms with van der Waals surface area (Å²) >= 11 is 0. The van der Waals surface area contributed by atoms with Gasteiger partial charge in [0.15, 0.2) is 5.58 Å². The van der Waals surface area contributed by atoms with Gasteiger partial charge in [-0.1, -0.05) is 25.8 Å². The Kier molecular flexibility index (Phi) is 7.12. The molecule has 8 nitrogen and oxygen atoms in total. The molecule has 0 radical (unpaired) electrons. The summed E-state index contributed by atoms with van der Waals surface area (Å²) in [4.78, 5) is 30.4. The molecule has 1 saturated heterocycles. The van der Waals surface area contributed by atoms with E-state index < -0.39 is 42.5 Å². The molecule has 1 aromatic carbocycles. The van der Waals surface area contributed by atoms with Gasteiger partial charge in [0.05, 0.1) is 6.54 Å². The van der Waals surface area contributed by atoms with E-state index in [4.69, 9.17) is 9.15 Å². The number of aromatic nitrogens is 1. The lowest BCUT2D eigenvalue weighted by atomic mass is 9.79. The van der Waals surface area contributed by atoms with Crippen LogP contribution >= 0.6 is 0 Å². The van der Waals surface area contributed by atoms with Crippen LogP contribution in [-0.4, -0.2) is 46.4 Å². The Morgan fingerprint density at radius 2 is 1.94 bits per heavy atom. The van der Waals surface area contributed by atoms with E-state index in [1.165, 1.54) is 0 Å². The molecule has 1 aromatic heterocycles. The lowest BCUT2D eigenvalue weighted by molar-refractivity contribution is -0.149. The molecule has 2 aliphatic rings. The maximum absolute atomic E-state index is 13.0. The first-order chi connectivity index (χ1) is 16.8. The fraction of sp³-hybridized carbons (Fsp3) is 0.640. The quantitative estimate of drug-likeness (QED) is 0.540. The zero-order valence-electron chi connectivity index (χ0n) is 20.9. The summed E-state index contributed by atoms with van der Waals surface area (Å²) in [5.41, 5.74) is 0.977. The maximum atomic E-state index is 13.0. The van der Waals surface area contributed by atoms with Gasteiger partial charge in [0.2, 0.25) is 5.89 Å². The number of urea groups is 1. The molecule has 3 amide bonds. The second-order valence-electron chi connectivity index (χ2n) is 10.9. The van der Waals surface area contributed by atoms with Crippen molar-refractivity contribution in [2.75, 3.05) is 6.54 Å². The van der Waals surface area contributed by atoms with E-state index in [0.717, 1.165) is 30.6 Å². The van der Waals surface area contributed by atoms with Crippen molar-refractivity contribution in [3.63, 3.8) is 0 Å². The smallest absolute Gasteiger partial charge is 0.410 e. The van der Waals surface area contributed by atoms with Gasteiger partial charge in [-0.25, -0.2) is 14.6 Å². The van der Waals surface area contributed by atoms with Crippen LogP contribution in [0.4, 0.5) is 22.8 Å². The van der Waals surface area contributed by atoms with Crippen molar-refractivity contribution >= 4 is 23.2 Å². The van der Waals surface area contributed by atoms with E-state index in [1.807, 2.05) is 5.32 Å². The molecule has 4 rings (SSSR count). The predicted molar refractivity (Wildman–Crippen MR) is 126 cm³/mol. The lowest BCUT2D eigenvalue weighted by Crippen LogP contribution is -2.40. The number of alkyl halides is 3. The van der Waals surface area contributed by atoms with Crippen LogP contribution in [0.1, 0.15) is 70.9 Å². The van der Waals surface area contributed by atoms with E-state index in [9.17, 15) is 22.8 Å². The molecule has 198 valence electrons. The summed E-state index contributed by atoms with van der Waals surface area (Å²) in [6, 6.07) is 1.97. The number of carbonyl (C=O) groups excluding carboxylic acids is 2. The largest absolute Gasteiger partial charge is 0.444 e. The van der Waals surface area contributed by atoms with Gasteiger partial charge >= 0.3 is 18.3 Å². The number of carbonyl (C=O) groups is 2. The van der Waals surface area contributed by atoms with Gasteiger partial charge in [0.1, 0.15) is 23.2 Å². The summed E-state index contributed by atoms with van der Waals surface area (Å²) < 4.78 is 50.5. The zero-order chi connectivity index (χ0) is 26.3. The van der Waals surface area contributed by atoms with Crippen molar-refractivity contribution in [3.8, 4) is 0 Å². The van der Waals surface area contributed by atoms with E-state index in [0.29, 0.717) is 28.5 Å². The minimum absolute atomic E-state index is 0.0106. The Bertz CT molecular complexity index is 1100. The molecule has 1 aliphatic carbocycles. The zero-order valence-corrected chi connectivity index (χ0v) is 20.9. The van der Waals surface area contributed by atoms with Crippen molar-refractivity contribution in [1.29, 1.82) is 0 Å². The number of nitrogens with zero attached hydrogens (tertiary/aromatic N) is 2. The molecule has 11 heteroatoms. The van der Waals surface area contributed by atoms with Crippen molar-refractivity contribution in [2.24, 2.45) is 11.8 Å². The van der Waals surface area contributed by atoms with Gasteiger partial charge in [-0.15, -0.1) is 0 Å². The number of fused-ring (bicyclic) bond motifs is 1. The number of hydrogen-bond donors (Lipinski definition) is 2. The summed E-state index contributed by atoms with van der Waals surface area (Å²) in [7, 11) is 0. The van der Waals surface area contributed by atoms with Crippen LogP contribution in [0, 0.1) is 11.8 Å². The Morgan fingerprint density at radius 1 is 1.25 bits per heavy atom. The van der Waals surface area contributed by atoms with E-state index in [-0.39, 0.29) is 12.5 Å². The summed E-state index contributed by atoms with van der Waals surface area (Å²) in [6.07, 6.45) is -1.14. The van der Waals surface area contributed by atoms with Crippen molar-refractivity contribution in [3.05, 3.63) is 29.7 Å². The van der Waals surface area contributed by atoms with Gasteiger partial charge in [0.25, 0.3) is 0 Å². The van der Waals surface area contributed by atoms with Gasteiger partial charge in [-0.2, -0.15) is 13.2 Å². The van der Waals surface area contributed by atoms with Crippen molar-refractivity contribution < 1.29 is 31.9 Å². The van der Waals surface area contributed by atoms with Crippen LogP contribution in [0.2, 0.25) is 0 Å². The highest BCUT2D eigenvalue weighted by Gasteiger charge is 2.46. The predicted octanol–water partition coefficient (Wildman–Crippen LogP) is 5.68. The molecular formula is C25H33F3N4O4. The molecule has 1 aliphatic heterocycles. The van der Waals surface area contributed by atoms with Crippen LogP contribution < -0.4 is 10.6 Å². The average molecular weight is 511 g/mol. The molecule has 1 saturated carbocycles. The van der Waals surface area contributed by atoms with Crippen LogP contribution in [0.5, 0.6) is 0 Å². The fourth-order valence-corrected chi connectivity index (χ4v) is 4.79. The minimum Gasteiger partial charge on any atom is -0.444 e. The highest BCUT2D eigenvalue weighted by molar-refractivity contribution is 5.78. The number of halogens is 3. The van der Waals surface area contributed by atoms with Crippen LogP contribution in [-0.2, 0) is 11.3 Å². The third-order valence-corrected chi connectivity index (χ3v) is 6.70. The van der Waals surface area contributed by atoms with E-state index >= 15 is 0 Å². The Hall–Kier alpha value is -2.98. The first kappa shape index (κ1) is 26.1. The minimum atomic E-state index is -4.50. The van der Waals surface area contributed by atoms with Gasteiger partial charge in [0, 0.05) is 6.54 Å². The molecule has 0 spiro atoms. The van der Waals surface area contributed by atoms with Crippen molar-refractivity contribution in [2.45, 2.75) is 83.8 Å². The van der Waals surface area contributed by atoms with Gasteiger partial charge in [-0.05, 0) is 63.1 Å². The Labute approximate surface area is 207 Å². The summed E-state index contributed by atoms with van der Waals surface area (Å²) in [5, 5.41) is 4.92. The third-order valence-electron chi connectivity index (χ3n) is 6.70. The fourth-order valence-electron chi connectivity index (χ4n) is 4.79. The van der Waals surface area contributed by atoms with Gasteiger partial charge in [-0.3, -0.25) is 0 Å². The molecule has 2 fully saturated rings. The molecule has 2 N–H and O–H groups in total. The topological polar surface area (TPSA) is 96.7 Å². The highest BCUT2D eigenvalue weighted by Crippen LogP contribution is 2.38. The number of alkyl carbamates (subject to hydrolysis) is 1. The highest BCUT2D eigenvalue weighted by atomic mass is 19.4. The van der Waals surface area contributed by atoms with Crippen LogP contribution in [0.25, 0.3) is 11.1 Å². The number of rotatable bonds is 5. The second kappa shape index (κ2) is 9.82. The van der Waals surface area contributed by atoms with Gasteiger partial charge < -0.3 is 24.7 Å². The summed E-state index contributed by atoms with van der Waals surface area (Å²) in [6.45, 7) is 7.15. The molecule has 2 atom stereocenters. The third kappa shape index (κ3) is 6.22. The second-order valence-corrected chi connectivity index (χ2v) is 10.9. The van der Waals surface area contributed by atoms with E-state index in [1.54, 1.807) is 39.0 Å². The maximum Gasteiger partial charge on any atom is 0.410 e. The van der Waals surface area contributed by atoms with Crippen LogP contribution in [0.3, 0.4) is 0 Å². The average Bonchev–Trinajstić information content (AvgIpc) is 3.34. The first-order valence-corrected chi connectivity index (χ1v) is 12.3. The molecule has 2 aromatic rings. The Morgan fingerprint density at radius 3 is 2.56 bits per heavy atom. The standard InChI is InChI=1S/C25H33F3N4O4/c1-14-5-8-16(9-6-14)20(31-23(34)36-24(2,3)4)21-29-17-11-15(7-10-18(17)35-21)12-32-13-19(25(26,27)28)30-22(32)33/h7,10-11,14,16,19-20H,5-6,8-9,12-13H2,1-4H3,(H,30,33)(H,31,34)/t14?,16?,19-,20-/m0/s1. The molecule has 0 unspecified atom stereocenters. The van der Waals surface area contributed by atoms with E-state index in [2.05, 4.69) is 17.2 Å². The monoisotopic (exact) mass is 510 g/mol. The molecular weight excluding hydrogens is 477 g/mol. The summed E-state index contributed by atoms with van der Waals surface area (Å²) in [5.74, 6) is 1.12. The normalized spacial score (nSPS) is 24.0. The SMILES string of the molecule is CC1CCC([C@H](NC(=O)OC(C)(C)C)c2nc3cc(CN4C[C@@H](C(F)(F)F)NC4=O)ccc3o2)CC1. The molecule has 36 heavy (non-hydrogen) atoms. The molecule has 0 bridgehead atoms. The Balaban J connectivity index is 1.54. The number of oxazole rings is 1. The van der Waals surface area contributed by atoms with Crippen LogP contribution in [0.15, 0.2) is 22.6 Å². The number of nitrogens with one attached hydrogen (secondary N) is 2. The lowest BCUT2D eigenvalue weighted by Gasteiger charge is -2.32. The first-order valence-electron chi connectivity index (χ1n) is 12.3. The number of benzene rings is 1. The molecule has 2 heterocycles. The number of ether oxygens (including phenoxy) is 1. The number of amides is 3. The van der Waals surface area contributed by atoms with Crippen molar-refractivity contribution in [1.82, 2.24) is 20.5 Å². The number of hydrogen-bond acceptors (Lipinski definition) is 5.